The molecule has 0 radical (unpaired) electrons. The Balaban J connectivity index is 2.74. The van der Waals surface area contributed by atoms with Crippen molar-refractivity contribution < 1.29 is 9.53 Å². The molecule has 0 aliphatic heterocycles. The maximum absolute atomic E-state index is 11.7. The largest absolute Gasteiger partial charge is 0.466 e. The summed E-state index contributed by atoms with van der Waals surface area (Å²) in [6, 6.07) is 0. The van der Waals surface area contributed by atoms with Crippen molar-refractivity contribution in [2.24, 2.45) is 0 Å². The topological polar surface area (TPSA) is 82.2 Å². The van der Waals surface area contributed by atoms with Gasteiger partial charge in [0.2, 0.25) is 0 Å². The minimum Gasteiger partial charge on any atom is -0.466 e. The predicted octanol–water partition coefficient (Wildman–Crippen LogP) is -1.35. The number of hydrogen-bond acceptors (Lipinski definition) is 6. The van der Waals surface area contributed by atoms with Gasteiger partial charge >= 0.3 is 11.7 Å². The van der Waals surface area contributed by atoms with Crippen molar-refractivity contribution in [2.75, 3.05) is 27.7 Å². The molecule has 0 fully saturated rings. The van der Waals surface area contributed by atoms with Crippen molar-refractivity contribution in [3.05, 3.63) is 16.6 Å². The van der Waals surface area contributed by atoms with Gasteiger partial charge in [-0.05, 0) is 24.5 Å². The molecule has 0 saturated heterocycles. The molecule has 8 heteroatoms. The number of methoxy groups -OCH3 is 1. The van der Waals surface area contributed by atoms with Crippen LogP contribution in [0.1, 0.15) is 0 Å². The van der Waals surface area contributed by atoms with Gasteiger partial charge in [0, 0.05) is 18.8 Å². The van der Waals surface area contributed by atoms with Gasteiger partial charge in [0.25, 0.3) is 0 Å². The van der Waals surface area contributed by atoms with E-state index >= 15 is 0 Å². The molecule has 0 amide bonds. The molecule has 0 bridgehead atoms. The summed E-state index contributed by atoms with van der Waals surface area (Å²) in [5.41, 5.74) is -0.396. The van der Waals surface area contributed by atoms with Crippen LogP contribution in [0.25, 0.3) is 6.20 Å². The van der Waals surface area contributed by atoms with Gasteiger partial charge < -0.3 is 9.64 Å². The van der Waals surface area contributed by atoms with Crippen LogP contribution in [0.2, 0.25) is 0 Å². The van der Waals surface area contributed by atoms with Crippen molar-refractivity contribution in [1.29, 1.82) is 0 Å². The Bertz CT molecular complexity index is 459. The van der Waals surface area contributed by atoms with Gasteiger partial charge in [0.15, 0.2) is 0 Å². The minimum atomic E-state index is -0.556. The quantitative estimate of drug-likeness (QED) is 0.468. The third-order valence-corrected chi connectivity index (χ3v) is 1.97. The van der Waals surface area contributed by atoms with Crippen LogP contribution < -0.4 is 5.69 Å². The lowest BCUT2D eigenvalue weighted by molar-refractivity contribution is -0.134. The van der Waals surface area contributed by atoms with E-state index in [0.717, 1.165) is 10.8 Å². The second-order valence-corrected chi connectivity index (χ2v) is 3.57. The van der Waals surface area contributed by atoms with Gasteiger partial charge in [-0.2, -0.15) is 9.36 Å². The van der Waals surface area contributed by atoms with Crippen LogP contribution in [-0.4, -0.2) is 58.4 Å². The number of hydrogen-bond donors (Lipinski definition) is 0. The van der Waals surface area contributed by atoms with Crippen LogP contribution in [0, 0.1) is 0 Å². The first-order valence-electron chi connectivity index (χ1n) is 4.97. The van der Waals surface area contributed by atoms with E-state index in [1.165, 1.54) is 18.0 Å². The fraction of sp³-hybridized carbons (Fsp3) is 0.556. The summed E-state index contributed by atoms with van der Waals surface area (Å²) >= 11 is 0. The zero-order valence-corrected chi connectivity index (χ0v) is 10.0. The number of tetrazole rings is 1. The molecule has 0 aliphatic carbocycles. The fourth-order valence-corrected chi connectivity index (χ4v) is 1.01. The van der Waals surface area contributed by atoms with Gasteiger partial charge in [-0.25, -0.2) is 9.59 Å². The molecule has 0 aromatic carbocycles. The van der Waals surface area contributed by atoms with Gasteiger partial charge in [-0.3, -0.25) is 0 Å². The Kier molecular flexibility index (Phi) is 4.58. The molecule has 0 unspecified atom stereocenters. The molecule has 0 atom stereocenters. The molecular weight excluding hydrogens is 226 g/mol. The summed E-state index contributed by atoms with van der Waals surface area (Å²) in [6.07, 6.45) is 2.32. The zero-order chi connectivity index (χ0) is 12.8. The molecule has 1 heterocycles. The number of carbonyl (C=O) groups excluding carboxylic acids is 1. The predicted molar refractivity (Wildman–Crippen MR) is 60.2 cm³/mol. The van der Waals surface area contributed by atoms with Crippen LogP contribution in [0.3, 0.4) is 0 Å². The van der Waals surface area contributed by atoms with E-state index < -0.39 is 11.7 Å². The third-order valence-electron chi connectivity index (χ3n) is 1.97. The maximum Gasteiger partial charge on any atom is 0.367 e. The highest BCUT2D eigenvalue weighted by atomic mass is 16.5. The Hall–Kier alpha value is -1.96. The molecule has 0 spiro atoms. The van der Waals surface area contributed by atoms with Crippen molar-refractivity contribution in [2.45, 2.75) is 6.54 Å². The van der Waals surface area contributed by atoms with Gasteiger partial charge in [-0.1, -0.05) is 0 Å². The van der Waals surface area contributed by atoms with Crippen LogP contribution in [0.4, 0.5) is 0 Å². The third kappa shape index (κ3) is 3.83. The smallest absolute Gasteiger partial charge is 0.367 e. The van der Waals surface area contributed by atoms with E-state index in [0.29, 0.717) is 13.1 Å². The zero-order valence-electron chi connectivity index (χ0n) is 10.0. The lowest BCUT2D eigenvalue weighted by Gasteiger charge is -2.06. The summed E-state index contributed by atoms with van der Waals surface area (Å²) in [7, 11) is 5.04. The van der Waals surface area contributed by atoms with Crippen molar-refractivity contribution in [3.8, 4) is 0 Å². The van der Waals surface area contributed by atoms with E-state index in [2.05, 4.69) is 15.2 Å². The molecule has 1 aromatic heterocycles. The number of esters is 1. The summed E-state index contributed by atoms with van der Waals surface area (Å²) in [5.74, 6) is -0.556. The fourth-order valence-electron chi connectivity index (χ4n) is 1.01. The average molecular weight is 241 g/mol. The summed E-state index contributed by atoms with van der Waals surface area (Å²) in [6.45, 7) is 1.12. The van der Waals surface area contributed by atoms with Crippen LogP contribution in [0.15, 0.2) is 10.9 Å². The van der Waals surface area contributed by atoms with E-state index in [1.807, 2.05) is 19.0 Å². The Morgan fingerprint density at radius 2 is 2.18 bits per heavy atom. The minimum absolute atomic E-state index is 0.396. The molecule has 1 aromatic rings. The number of rotatable bonds is 5. The number of ether oxygens (including phenoxy) is 1. The highest BCUT2D eigenvalue weighted by Crippen LogP contribution is 1.83. The highest BCUT2D eigenvalue weighted by molar-refractivity contribution is 5.84. The van der Waals surface area contributed by atoms with Crippen molar-refractivity contribution in [3.63, 3.8) is 0 Å². The summed E-state index contributed by atoms with van der Waals surface area (Å²) in [4.78, 5) is 24.4. The number of nitrogens with zero attached hydrogens (tertiary/aromatic N) is 5. The van der Waals surface area contributed by atoms with E-state index in [1.54, 1.807) is 0 Å². The van der Waals surface area contributed by atoms with Gasteiger partial charge in [0.1, 0.15) is 0 Å². The normalized spacial score (nSPS) is 11.3. The lowest BCUT2D eigenvalue weighted by Crippen LogP contribution is -2.28. The van der Waals surface area contributed by atoms with E-state index in [-0.39, 0.29) is 0 Å². The lowest BCUT2D eigenvalue weighted by atomic mass is 10.6. The van der Waals surface area contributed by atoms with Crippen LogP contribution in [-0.2, 0) is 16.1 Å². The molecule has 1 rings (SSSR count). The second-order valence-electron chi connectivity index (χ2n) is 3.57. The summed E-state index contributed by atoms with van der Waals surface area (Å²) in [5, 5.41) is 7.28. The monoisotopic (exact) mass is 241 g/mol. The average Bonchev–Trinajstić information content (AvgIpc) is 2.64. The van der Waals surface area contributed by atoms with Gasteiger partial charge in [0.05, 0.1) is 13.7 Å². The Morgan fingerprint density at radius 3 is 2.76 bits per heavy atom. The Morgan fingerprint density at radius 1 is 1.47 bits per heavy atom. The Labute approximate surface area is 98.1 Å². The first-order valence-corrected chi connectivity index (χ1v) is 4.97. The molecule has 0 N–H and O–H groups in total. The molecule has 8 nitrogen and oxygen atoms in total. The second kappa shape index (κ2) is 5.94. The summed E-state index contributed by atoms with van der Waals surface area (Å²) < 4.78 is 6.60. The molecule has 0 saturated carbocycles. The van der Waals surface area contributed by atoms with Crippen molar-refractivity contribution >= 4 is 12.2 Å². The number of aromatic nitrogens is 4. The van der Waals surface area contributed by atoms with E-state index in [4.69, 9.17) is 0 Å². The standard InChI is InChI=1S/C9H15N5O3/c1-12(2)6-7-14-9(16)13(10-11-14)5-4-8(15)17-3/h4-5H,6-7H2,1-3H3/b5-4+. The van der Waals surface area contributed by atoms with E-state index in [9.17, 15) is 9.59 Å². The van der Waals surface area contributed by atoms with Gasteiger partial charge in [-0.15, -0.1) is 0 Å². The molecule has 94 valence electrons. The highest BCUT2D eigenvalue weighted by Gasteiger charge is 2.04. The molecule has 17 heavy (non-hydrogen) atoms. The SMILES string of the molecule is COC(=O)/C=C/n1nnn(CCN(C)C)c1=O. The number of carbonyl (C=O) groups is 1. The van der Waals surface area contributed by atoms with Crippen LogP contribution >= 0.6 is 0 Å². The van der Waals surface area contributed by atoms with Crippen molar-refractivity contribution in [1.82, 2.24) is 24.7 Å². The number of likely N-dealkylation sites (N-methyl/N-ethyl adjacent to an activating group) is 1. The van der Waals surface area contributed by atoms with Crippen LogP contribution in [0.5, 0.6) is 0 Å². The first kappa shape index (κ1) is 13.1. The molecular formula is C9H15N5O3. The maximum atomic E-state index is 11.7. The molecule has 0 aliphatic rings. The first-order chi connectivity index (χ1) is 8.04.